The molecule has 100 valence electrons. The summed E-state index contributed by atoms with van der Waals surface area (Å²) in [5, 5.41) is 5.87. The normalized spacial score (nSPS) is 10.7. The molecular formula is C16H12Cl2N2. The van der Waals surface area contributed by atoms with Crippen LogP contribution in [0.4, 0.5) is 0 Å². The third kappa shape index (κ3) is 2.87. The summed E-state index contributed by atoms with van der Waals surface area (Å²) in [6, 6.07) is 15.5. The molecule has 0 aliphatic carbocycles. The first kappa shape index (κ1) is 13.2. The van der Waals surface area contributed by atoms with Gasteiger partial charge in [0.1, 0.15) is 0 Å². The average molecular weight is 303 g/mol. The minimum atomic E-state index is 0.660. The van der Waals surface area contributed by atoms with Crippen molar-refractivity contribution < 1.29 is 0 Å². The molecule has 0 aliphatic rings. The van der Waals surface area contributed by atoms with Gasteiger partial charge in [0, 0.05) is 21.8 Å². The Kier molecular flexibility index (Phi) is 3.77. The van der Waals surface area contributed by atoms with E-state index in [2.05, 4.69) is 5.10 Å². The molecule has 2 aromatic carbocycles. The molecule has 0 saturated heterocycles. The fourth-order valence-corrected chi connectivity index (χ4v) is 2.36. The Morgan fingerprint density at radius 1 is 0.900 bits per heavy atom. The van der Waals surface area contributed by atoms with E-state index in [1.54, 1.807) is 0 Å². The van der Waals surface area contributed by atoms with Gasteiger partial charge in [-0.05, 0) is 29.3 Å². The molecule has 3 aromatic rings. The summed E-state index contributed by atoms with van der Waals surface area (Å²) < 4.78 is 1.88. The van der Waals surface area contributed by atoms with Crippen molar-refractivity contribution in [1.82, 2.24) is 9.78 Å². The van der Waals surface area contributed by atoms with Gasteiger partial charge in [-0.3, -0.25) is 4.68 Å². The van der Waals surface area contributed by atoms with Crippen LogP contribution in [0, 0.1) is 0 Å². The number of benzene rings is 2. The predicted molar refractivity (Wildman–Crippen MR) is 83.2 cm³/mol. The highest BCUT2D eigenvalue weighted by Crippen LogP contribution is 2.22. The maximum Gasteiger partial charge on any atom is 0.0674 e. The van der Waals surface area contributed by atoms with Crippen molar-refractivity contribution in [3.8, 4) is 11.1 Å². The molecule has 0 spiro atoms. The monoisotopic (exact) mass is 302 g/mol. The van der Waals surface area contributed by atoms with Gasteiger partial charge in [0.25, 0.3) is 0 Å². The Hall–Kier alpha value is -1.77. The zero-order valence-corrected chi connectivity index (χ0v) is 12.1. The number of nitrogens with zero attached hydrogens (tertiary/aromatic N) is 2. The van der Waals surface area contributed by atoms with Gasteiger partial charge in [0.2, 0.25) is 0 Å². The van der Waals surface area contributed by atoms with E-state index in [0.29, 0.717) is 6.54 Å². The first-order valence-corrected chi connectivity index (χ1v) is 7.00. The van der Waals surface area contributed by atoms with Crippen molar-refractivity contribution >= 4 is 23.2 Å². The summed E-state index contributed by atoms with van der Waals surface area (Å²) in [5.41, 5.74) is 3.22. The maximum absolute atomic E-state index is 6.16. The molecule has 0 atom stereocenters. The molecular weight excluding hydrogens is 291 g/mol. The molecule has 0 saturated carbocycles. The molecule has 0 radical (unpaired) electrons. The number of hydrogen-bond acceptors (Lipinski definition) is 1. The third-order valence-electron chi connectivity index (χ3n) is 3.10. The Morgan fingerprint density at radius 2 is 1.65 bits per heavy atom. The highest BCUT2D eigenvalue weighted by Gasteiger charge is 2.04. The van der Waals surface area contributed by atoms with Gasteiger partial charge in [0.05, 0.1) is 12.7 Å². The Morgan fingerprint density at radius 3 is 2.40 bits per heavy atom. The molecule has 0 N–H and O–H groups in total. The van der Waals surface area contributed by atoms with Gasteiger partial charge < -0.3 is 0 Å². The van der Waals surface area contributed by atoms with E-state index in [1.807, 2.05) is 65.6 Å². The van der Waals surface area contributed by atoms with Gasteiger partial charge in [-0.2, -0.15) is 5.10 Å². The summed E-state index contributed by atoms with van der Waals surface area (Å²) in [7, 11) is 0. The van der Waals surface area contributed by atoms with E-state index in [0.717, 1.165) is 26.7 Å². The molecule has 3 rings (SSSR count). The lowest BCUT2D eigenvalue weighted by atomic mass is 10.1. The third-order valence-corrected chi connectivity index (χ3v) is 3.72. The number of halogens is 2. The summed E-state index contributed by atoms with van der Waals surface area (Å²) in [6.45, 7) is 0.660. The van der Waals surface area contributed by atoms with Crippen LogP contribution in [0.1, 0.15) is 5.56 Å². The molecule has 4 heteroatoms. The van der Waals surface area contributed by atoms with E-state index in [4.69, 9.17) is 23.2 Å². The van der Waals surface area contributed by atoms with Crippen LogP contribution in [0.2, 0.25) is 10.0 Å². The van der Waals surface area contributed by atoms with E-state index >= 15 is 0 Å². The van der Waals surface area contributed by atoms with Crippen LogP contribution in [0.15, 0.2) is 60.9 Å². The maximum atomic E-state index is 6.16. The van der Waals surface area contributed by atoms with Crippen LogP contribution in [0.3, 0.4) is 0 Å². The average Bonchev–Trinajstić information content (AvgIpc) is 2.91. The van der Waals surface area contributed by atoms with Gasteiger partial charge in [-0.1, -0.05) is 53.5 Å². The molecule has 0 unspecified atom stereocenters. The quantitative estimate of drug-likeness (QED) is 0.672. The summed E-state index contributed by atoms with van der Waals surface area (Å²) in [5.74, 6) is 0. The van der Waals surface area contributed by atoms with E-state index in [9.17, 15) is 0 Å². The van der Waals surface area contributed by atoms with Crippen molar-refractivity contribution in [3.63, 3.8) is 0 Å². The minimum Gasteiger partial charge on any atom is -0.268 e. The first-order valence-electron chi connectivity index (χ1n) is 6.24. The van der Waals surface area contributed by atoms with Gasteiger partial charge in [-0.15, -0.1) is 0 Å². The minimum absolute atomic E-state index is 0.660. The number of rotatable bonds is 3. The molecule has 1 heterocycles. The summed E-state index contributed by atoms with van der Waals surface area (Å²) in [4.78, 5) is 0. The van der Waals surface area contributed by atoms with Crippen LogP contribution in [0.25, 0.3) is 11.1 Å². The van der Waals surface area contributed by atoms with Crippen molar-refractivity contribution in [1.29, 1.82) is 0 Å². The highest BCUT2D eigenvalue weighted by atomic mass is 35.5. The molecule has 0 bridgehead atoms. The second-order valence-electron chi connectivity index (χ2n) is 4.52. The van der Waals surface area contributed by atoms with Crippen LogP contribution in [0.5, 0.6) is 0 Å². The Labute approximate surface area is 127 Å². The second kappa shape index (κ2) is 5.70. The number of hydrogen-bond donors (Lipinski definition) is 0. The SMILES string of the molecule is Clc1ccc(-c2cnn(Cc3ccccc3Cl)c2)cc1. The zero-order valence-electron chi connectivity index (χ0n) is 10.6. The lowest BCUT2D eigenvalue weighted by Crippen LogP contribution is -2.00. The van der Waals surface area contributed by atoms with Crippen LogP contribution >= 0.6 is 23.2 Å². The predicted octanol–water partition coefficient (Wildman–Crippen LogP) is 4.91. The van der Waals surface area contributed by atoms with E-state index in [1.165, 1.54) is 0 Å². The Bertz CT molecular complexity index is 717. The zero-order chi connectivity index (χ0) is 13.9. The lowest BCUT2D eigenvalue weighted by molar-refractivity contribution is 0.687. The molecule has 1 aromatic heterocycles. The largest absolute Gasteiger partial charge is 0.268 e. The van der Waals surface area contributed by atoms with Crippen molar-refractivity contribution in [2.75, 3.05) is 0 Å². The van der Waals surface area contributed by atoms with Crippen molar-refractivity contribution in [3.05, 3.63) is 76.5 Å². The smallest absolute Gasteiger partial charge is 0.0674 e. The standard InChI is InChI=1S/C16H12Cl2N2/c17-15-7-5-12(6-8-15)14-9-19-20(11-14)10-13-3-1-2-4-16(13)18/h1-9,11H,10H2. The first-order chi connectivity index (χ1) is 9.72. The van der Waals surface area contributed by atoms with Crippen LogP contribution < -0.4 is 0 Å². The van der Waals surface area contributed by atoms with E-state index in [-0.39, 0.29) is 0 Å². The Balaban J connectivity index is 1.84. The summed E-state index contributed by atoms with van der Waals surface area (Å²) >= 11 is 12.1. The van der Waals surface area contributed by atoms with Crippen molar-refractivity contribution in [2.24, 2.45) is 0 Å². The van der Waals surface area contributed by atoms with Crippen LogP contribution in [-0.4, -0.2) is 9.78 Å². The molecule has 20 heavy (non-hydrogen) atoms. The molecule has 0 fully saturated rings. The lowest BCUT2D eigenvalue weighted by Gasteiger charge is -2.03. The van der Waals surface area contributed by atoms with Crippen molar-refractivity contribution in [2.45, 2.75) is 6.54 Å². The molecule has 0 aliphatic heterocycles. The fraction of sp³-hybridized carbons (Fsp3) is 0.0625. The summed E-state index contributed by atoms with van der Waals surface area (Å²) in [6.07, 6.45) is 3.85. The fourth-order valence-electron chi connectivity index (χ4n) is 2.04. The van der Waals surface area contributed by atoms with E-state index < -0.39 is 0 Å². The molecule has 2 nitrogen and oxygen atoms in total. The molecule has 0 amide bonds. The topological polar surface area (TPSA) is 17.8 Å². The van der Waals surface area contributed by atoms with Crippen LogP contribution in [-0.2, 0) is 6.54 Å². The second-order valence-corrected chi connectivity index (χ2v) is 5.37. The number of aromatic nitrogens is 2. The highest BCUT2D eigenvalue weighted by molar-refractivity contribution is 6.31. The van der Waals surface area contributed by atoms with Gasteiger partial charge >= 0.3 is 0 Å². The van der Waals surface area contributed by atoms with Gasteiger partial charge in [0.15, 0.2) is 0 Å². The van der Waals surface area contributed by atoms with Gasteiger partial charge in [-0.25, -0.2) is 0 Å².